The fourth-order valence-electron chi connectivity index (χ4n) is 5.90. The Bertz CT molecular complexity index is 1890. The number of aromatic nitrogens is 3. The highest BCUT2D eigenvalue weighted by Crippen LogP contribution is 2.31. The second kappa shape index (κ2) is 11.9. The van der Waals surface area contributed by atoms with Crippen molar-refractivity contribution in [1.29, 1.82) is 0 Å². The Kier molecular flexibility index (Phi) is 7.82. The molecule has 6 rings (SSSR count). The SMILES string of the molecule is CNCC(=O)Nc1cnc(-c2cccc(C)c2)n(Cc2cc(N3CCCC3)cc(-n3cc(C)c4cc(F)ccc43)c2)c1=O. The average Bonchev–Trinajstić information content (AvgIpc) is 3.64. The molecule has 5 aromatic rings. The van der Waals surface area contributed by atoms with E-state index in [2.05, 4.69) is 43.3 Å². The van der Waals surface area contributed by atoms with E-state index in [1.807, 2.05) is 44.3 Å². The number of carbonyl (C=O) groups is 1. The van der Waals surface area contributed by atoms with Crippen LogP contribution in [0, 0.1) is 19.7 Å². The number of nitrogens with one attached hydrogen (secondary N) is 2. The van der Waals surface area contributed by atoms with Gasteiger partial charge in [-0.05, 0) is 87.3 Å². The fraction of sp³-hybridized carbons (Fsp3) is 0.265. The quantitative estimate of drug-likeness (QED) is 0.257. The number of hydrogen-bond donors (Lipinski definition) is 2. The van der Waals surface area contributed by atoms with Crippen LogP contribution >= 0.6 is 0 Å². The van der Waals surface area contributed by atoms with Crippen molar-refractivity contribution in [1.82, 2.24) is 19.4 Å². The van der Waals surface area contributed by atoms with Crippen molar-refractivity contribution in [2.24, 2.45) is 0 Å². The highest BCUT2D eigenvalue weighted by Gasteiger charge is 2.19. The molecule has 0 unspecified atom stereocenters. The van der Waals surface area contributed by atoms with Gasteiger partial charge in [-0.1, -0.05) is 23.8 Å². The molecule has 1 amide bonds. The molecule has 0 bridgehead atoms. The van der Waals surface area contributed by atoms with Crippen LogP contribution in [-0.4, -0.2) is 46.7 Å². The number of amides is 1. The van der Waals surface area contributed by atoms with Gasteiger partial charge >= 0.3 is 0 Å². The van der Waals surface area contributed by atoms with Gasteiger partial charge in [0.1, 0.15) is 17.3 Å². The summed E-state index contributed by atoms with van der Waals surface area (Å²) in [6.07, 6.45) is 5.71. The van der Waals surface area contributed by atoms with Gasteiger partial charge in [-0.15, -0.1) is 0 Å². The van der Waals surface area contributed by atoms with E-state index < -0.39 is 0 Å². The normalized spacial score (nSPS) is 13.2. The van der Waals surface area contributed by atoms with Crippen LogP contribution in [0.4, 0.5) is 15.8 Å². The van der Waals surface area contributed by atoms with Crippen LogP contribution in [0.3, 0.4) is 0 Å². The standard InChI is InChI=1S/C34H35FN6O2/c1-22-7-6-8-25(13-22)33-37-18-30(38-32(42)19-36-3)34(43)41(33)21-24-14-27(39-11-4-5-12-39)17-28(15-24)40-20-23(2)29-16-26(35)9-10-31(29)40/h6-10,13-18,20,36H,4-5,11-12,19,21H2,1-3H3,(H,38,42). The zero-order valence-electron chi connectivity index (χ0n) is 24.7. The van der Waals surface area contributed by atoms with Crippen molar-refractivity contribution in [2.45, 2.75) is 33.2 Å². The lowest BCUT2D eigenvalue weighted by atomic mass is 10.1. The number of anilines is 2. The number of halogens is 1. The van der Waals surface area contributed by atoms with E-state index >= 15 is 0 Å². The third-order valence-electron chi connectivity index (χ3n) is 7.95. The van der Waals surface area contributed by atoms with E-state index in [-0.39, 0.29) is 36.1 Å². The van der Waals surface area contributed by atoms with Crippen LogP contribution in [0.5, 0.6) is 0 Å². The molecule has 1 fully saturated rings. The molecule has 0 saturated carbocycles. The van der Waals surface area contributed by atoms with Gasteiger partial charge < -0.3 is 20.1 Å². The monoisotopic (exact) mass is 578 g/mol. The summed E-state index contributed by atoms with van der Waals surface area (Å²) in [5, 5.41) is 6.38. The van der Waals surface area contributed by atoms with Crippen molar-refractivity contribution in [2.75, 3.05) is 36.9 Å². The predicted octanol–water partition coefficient (Wildman–Crippen LogP) is 5.42. The van der Waals surface area contributed by atoms with Crippen LogP contribution in [0.2, 0.25) is 0 Å². The fourth-order valence-corrected chi connectivity index (χ4v) is 5.90. The molecule has 3 aromatic carbocycles. The van der Waals surface area contributed by atoms with E-state index in [9.17, 15) is 14.0 Å². The maximum atomic E-state index is 14.1. The average molecular weight is 579 g/mol. The highest BCUT2D eigenvalue weighted by atomic mass is 19.1. The summed E-state index contributed by atoms with van der Waals surface area (Å²) in [5.41, 5.74) is 6.47. The molecule has 8 nitrogen and oxygen atoms in total. The minimum atomic E-state index is -0.332. The van der Waals surface area contributed by atoms with E-state index in [4.69, 9.17) is 0 Å². The summed E-state index contributed by atoms with van der Waals surface area (Å²) in [6, 6.07) is 19.1. The van der Waals surface area contributed by atoms with Gasteiger partial charge in [0.25, 0.3) is 5.56 Å². The first kappa shape index (κ1) is 28.4. The van der Waals surface area contributed by atoms with Crippen LogP contribution in [-0.2, 0) is 11.3 Å². The Hall–Kier alpha value is -4.76. The van der Waals surface area contributed by atoms with E-state index in [0.29, 0.717) is 5.82 Å². The van der Waals surface area contributed by atoms with Gasteiger partial charge in [0.05, 0.1) is 24.8 Å². The summed E-state index contributed by atoms with van der Waals surface area (Å²) in [7, 11) is 1.67. The zero-order chi connectivity index (χ0) is 30.1. The summed E-state index contributed by atoms with van der Waals surface area (Å²) in [6.45, 7) is 6.22. The van der Waals surface area contributed by atoms with Crippen LogP contribution in [0.15, 0.2) is 77.9 Å². The van der Waals surface area contributed by atoms with Crippen LogP contribution in [0.25, 0.3) is 28.0 Å². The van der Waals surface area contributed by atoms with Gasteiger partial charge in [0.2, 0.25) is 5.91 Å². The lowest BCUT2D eigenvalue weighted by Crippen LogP contribution is -2.31. The molecule has 9 heteroatoms. The van der Waals surface area contributed by atoms with Crippen LogP contribution in [0.1, 0.15) is 29.5 Å². The van der Waals surface area contributed by atoms with Crippen molar-refractivity contribution in [3.8, 4) is 17.1 Å². The first-order valence-corrected chi connectivity index (χ1v) is 14.6. The van der Waals surface area contributed by atoms with Gasteiger partial charge in [0.15, 0.2) is 0 Å². The van der Waals surface area contributed by atoms with Gasteiger partial charge in [0, 0.05) is 41.6 Å². The lowest BCUT2D eigenvalue weighted by Gasteiger charge is -2.21. The van der Waals surface area contributed by atoms with Crippen molar-refractivity contribution in [3.05, 3.63) is 106 Å². The molecule has 1 aliphatic heterocycles. The minimum absolute atomic E-state index is 0.0778. The molecule has 0 spiro atoms. The maximum Gasteiger partial charge on any atom is 0.277 e. The van der Waals surface area contributed by atoms with Gasteiger partial charge in [-0.25, -0.2) is 9.37 Å². The second-order valence-corrected chi connectivity index (χ2v) is 11.2. The van der Waals surface area contributed by atoms with E-state index in [1.54, 1.807) is 23.7 Å². The van der Waals surface area contributed by atoms with Crippen molar-refractivity contribution in [3.63, 3.8) is 0 Å². The molecule has 2 N–H and O–H groups in total. The number of fused-ring (bicyclic) bond motifs is 1. The first-order valence-electron chi connectivity index (χ1n) is 14.6. The Labute approximate surface area is 249 Å². The summed E-state index contributed by atoms with van der Waals surface area (Å²) in [4.78, 5) is 33.3. The molecular weight excluding hydrogens is 543 g/mol. The third kappa shape index (κ3) is 5.81. The number of hydrogen-bond acceptors (Lipinski definition) is 5. The summed E-state index contributed by atoms with van der Waals surface area (Å²) in [5.74, 6) is -0.0656. The Morgan fingerprint density at radius 3 is 2.56 bits per heavy atom. The number of aryl methyl sites for hydroxylation is 2. The van der Waals surface area contributed by atoms with Gasteiger partial charge in [-0.3, -0.25) is 14.2 Å². The molecule has 0 radical (unpaired) electrons. The molecule has 220 valence electrons. The number of likely N-dealkylation sites (N-methyl/N-ethyl adjacent to an activating group) is 1. The molecule has 0 aliphatic carbocycles. The molecule has 1 aliphatic rings. The largest absolute Gasteiger partial charge is 0.371 e. The Morgan fingerprint density at radius 1 is 1.00 bits per heavy atom. The van der Waals surface area contributed by atoms with Gasteiger partial charge in [-0.2, -0.15) is 0 Å². The molecule has 2 aromatic heterocycles. The van der Waals surface area contributed by atoms with Crippen molar-refractivity contribution >= 4 is 28.2 Å². The molecular formula is C34H35FN6O2. The summed E-state index contributed by atoms with van der Waals surface area (Å²) >= 11 is 0. The lowest BCUT2D eigenvalue weighted by molar-refractivity contribution is -0.115. The summed E-state index contributed by atoms with van der Waals surface area (Å²) < 4.78 is 17.8. The Balaban J connectivity index is 1.50. The topological polar surface area (TPSA) is 84.2 Å². The molecule has 1 saturated heterocycles. The van der Waals surface area contributed by atoms with E-state index in [1.165, 1.54) is 12.3 Å². The second-order valence-electron chi connectivity index (χ2n) is 11.2. The highest BCUT2D eigenvalue weighted by molar-refractivity contribution is 5.92. The minimum Gasteiger partial charge on any atom is -0.371 e. The Morgan fingerprint density at radius 2 is 1.79 bits per heavy atom. The number of carbonyl (C=O) groups excluding carboxylic acids is 1. The van der Waals surface area contributed by atoms with E-state index in [0.717, 1.165) is 70.5 Å². The van der Waals surface area contributed by atoms with Crippen LogP contribution < -0.4 is 21.1 Å². The number of nitrogens with zero attached hydrogens (tertiary/aromatic N) is 4. The van der Waals surface area contributed by atoms with Crippen molar-refractivity contribution < 1.29 is 9.18 Å². The zero-order valence-corrected chi connectivity index (χ0v) is 24.7. The molecule has 43 heavy (non-hydrogen) atoms. The molecule has 0 atom stereocenters. The number of rotatable bonds is 8. The first-order chi connectivity index (χ1) is 20.8. The smallest absolute Gasteiger partial charge is 0.277 e. The third-order valence-corrected chi connectivity index (χ3v) is 7.95. The predicted molar refractivity (Wildman–Crippen MR) is 170 cm³/mol. The maximum absolute atomic E-state index is 14.1. The molecule has 3 heterocycles. The number of benzene rings is 3.